The van der Waals surface area contributed by atoms with Crippen molar-refractivity contribution in [1.82, 2.24) is 0 Å². The molecule has 4 heteroatoms. The summed E-state index contributed by atoms with van der Waals surface area (Å²) in [4.78, 5) is 4.57. The highest BCUT2D eigenvalue weighted by Crippen LogP contribution is 2.39. The number of hydrogen-bond donors (Lipinski definition) is 0. The van der Waals surface area contributed by atoms with Gasteiger partial charge in [-0.3, -0.25) is 5.01 Å². The molecule has 0 radical (unpaired) electrons. The Morgan fingerprint density at radius 1 is 0.412 bits per heavy atom. The Bertz CT molecular complexity index is 2120. The fourth-order valence-corrected chi connectivity index (χ4v) is 6.69. The van der Waals surface area contributed by atoms with E-state index >= 15 is 0 Å². The van der Waals surface area contributed by atoms with Crippen LogP contribution in [0.15, 0.2) is 211 Å². The highest BCUT2D eigenvalue weighted by molar-refractivity contribution is 6.01. The molecule has 4 nitrogen and oxygen atoms in total. The van der Waals surface area contributed by atoms with Crippen LogP contribution in [-0.2, 0) is 0 Å². The molecule has 1 atom stereocenters. The molecule has 0 saturated carbocycles. The van der Waals surface area contributed by atoms with Gasteiger partial charge in [0, 0.05) is 40.5 Å². The lowest BCUT2D eigenvalue weighted by atomic mass is 10.00. The number of anilines is 7. The van der Waals surface area contributed by atoms with Crippen molar-refractivity contribution in [2.24, 2.45) is 5.10 Å². The number of allylic oxidation sites excluding steroid dienone is 1. The van der Waals surface area contributed by atoms with Gasteiger partial charge < -0.3 is 9.80 Å². The van der Waals surface area contributed by atoms with Crippen LogP contribution in [0.4, 0.5) is 39.8 Å². The van der Waals surface area contributed by atoms with Gasteiger partial charge in [0.2, 0.25) is 0 Å². The number of rotatable bonds is 10. The van der Waals surface area contributed by atoms with Gasteiger partial charge in [0.05, 0.1) is 17.4 Å². The summed E-state index contributed by atoms with van der Waals surface area (Å²) in [7, 11) is 0. The van der Waals surface area contributed by atoms with E-state index in [0.717, 1.165) is 57.5 Å². The summed E-state index contributed by atoms with van der Waals surface area (Å²) in [5.74, 6) is 0. The molecule has 7 aromatic carbocycles. The third-order valence-corrected chi connectivity index (χ3v) is 9.17. The first-order chi connectivity index (χ1) is 25.3. The lowest BCUT2D eigenvalue weighted by molar-refractivity contribution is 0.709. The third kappa shape index (κ3) is 7.08. The highest BCUT2D eigenvalue weighted by atomic mass is 15.5. The molecule has 0 amide bonds. The summed E-state index contributed by atoms with van der Waals surface area (Å²) in [5.41, 5.74) is 11.2. The Kier molecular flexibility index (Phi) is 9.21. The van der Waals surface area contributed by atoms with Crippen molar-refractivity contribution in [3.05, 3.63) is 217 Å². The Labute approximate surface area is 300 Å². The second-order valence-electron chi connectivity index (χ2n) is 12.5. The minimum atomic E-state index is 0.0793. The zero-order chi connectivity index (χ0) is 34.2. The molecule has 0 aromatic heterocycles. The SMILES string of the molecule is C(=C\c1ccc(N(c2ccccc2)c2ccccc2)cc1)/C1=NN(c2ccccc2)C(c2ccc(N(c3ccccc3)c3ccccc3)cc2)C1. The first-order valence-corrected chi connectivity index (χ1v) is 17.4. The van der Waals surface area contributed by atoms with Crippen molar-refractivity contribution in [3.8, 4) is 0 Å². The largest absolute Gasteiger partial charge is 0.311 e. The number of hydrazone groups is 1. The number of hydrogen-bond acceptors (Lipinski definition) is 4. The molecule has 7 aromatic rings. The molecule has 0 saturated heterocycles. The van der Waals surface area contributed by atoms with Crippen LogP contribution in [0.2, 0.25) is 0 Å². The zero-order valence-corrected chi connectivity index (χ0v) is 28.3. The molecule has 0 bridgehead atoms. The minimum Gasteiger partial charge on any atom is -0.311 e. The van der Waals surface area contributed by atoms with Gasteiger partial charge in [-0.15, -0.1) is 0 Å². The Morgan fingerprint density at radius 2 is 0.784 bits per heavy atom. The van der Waals surface area contributed by atoms with Crippen LogP contribution in [0.1, 0.15) is 23.6 Å². The van der Waals surface area contributed by atoms with E-state index in [-0.39, 0.29) is 6.04 Å². The van der Waals surface area contributed by atoms with Gasteiger partial charge in [0.25, 0.3) is 0 Å². The average Bonchev–Trinajstić information content (AvgIpc) is 3.65. The number of benzene rings is 7. The Hall–Kier alpha value is -6.65. The summed E-state index contributed by atoms with van der Waals surface area (Å²) in [6.45, 7) is 0. The van der Waals surface area contributed by atoms with Crippen LogP contribution in [-0.4, -0.2) is 5.71 Å². The summed E-state index contributed by atoms with van der Waals surface area (Å²) in [6, 6.07) is 70.3. The van der Waals surface area contributed by atoms with Crippen molar-refractivity contribution in [3.63, 3.8) is 0 Å². The van der Waals surface area contributed by atoms with Crippen LogP contribution in [0, 0.1) is 0 Å². The Balaban J connectivity index is 1.05. The Morgan fingerprint density at radius 3 is 1.22 bits per heavy atom. The summed E-state index contributed by atoms with van der Waals surface area (Å²) >= 11 is 0. The van der Waals surface area contributed by atoms with Crippen LogP contribution < -0.4 is 14.8 Å². The second kappa shape index (κ2) is 14.9. The molecular weight excluding hydrogens is 621 g/mol. The summed E-state index contributed by atoms with van der Waals surface area (Å²) in [5, 5.41) is 7.32. The molecule has 0 N–H and O–H groups in total. The van der Waals surface area contributed by atoms with Crippen molar-refractivity contribution in [1.29, 1.82) is 0 Å². The molecule has 1 aliphatic heterocycles. The van der Waals surface area contributed by atoms with Gasteiger partial charge in [0.15, 0.2) is 0 Å². The number of nitrogens with zero attached hydrogens (tertiary/aromatic N) is 4. The molecule has 0 spiro atoms. The molecular formula is C47H38N4. The molecule has 1 heterocycles. The third-order valence-electron chi connectivity index (χ3n) is 9.17. The second-order valence-corrected chi connectivity index (χ2v) is 12.5. The normalized spacial score (nSPS) is 14.0. The molecule has 1 aliphatic rings. The first-order valence-electron chi connectivity index (χ1n) is 17.4. The van der Waals surface area contributed by atoms with E-state index < -0.39 is 0 Å². The van der Waals surface area contributed by atoms with Gasteiger partial charge in [0.1, 0.15) is 0 Å². The van der Waals surface area contributed by atoms with E-state index in [9.17, 15) is 0 Å². The van der Waals surface area contributed by atoms with Crippen molar-refractivity contribution >= 4 is 51.6 Å². The maximum Gasteiger partial charge on any atom is 0.0831 e. The molecule has 8 rings (SSSR count). The smallest absolute Gasteiger partial charge is 0.0831 e. The minimum absolute atomic E-state index is 0.0793. The first kappa shape index (κ1) is 31.6. The van der Waals surface area contributed by atoms with Gasteiger partial charge in [-0.1, -0.05) is 121 Å². The molecule has 51 heavy (non-hydrogen) atoms. The maximum absolute atomic E-state index is 5.15. The van der Waals surface area contributed by atoms with E-state index in [2.05, 4.69) is 227 Å². The van der Waals surface area contributed by atoms with Crippen molar-refractivity contribution in [2.75, 3.05) is 14.8 Å². The van der Waals surface area contributed by atoms with E-state index in [1.165, 1.54) is 5.56 Å². The van der Waals surface area contributed by atoms with Gasteiger partial charge in [-0.05, 0) is 102 Å². The predicted molar refractivity (Wildman–Crippen MR) is 215 cm³/mol. The van der Waals surface area contributed by atoms with E-state index in [1.807, 2.05) is 0 Å². The monoisotopic (exact) mass is 658 g/mol. The summed E-state index contributed by atoms with van der Waals surface area (Å²) < 4.78 is 0. The standard InChI is InChI=1S/C47H38N4/c1-6-16-40(17-7-1)49(41-18-8-2-9-19-41)44-32-27-37(28-33-44)26-31-39-36-47(51(48-39)46-24-14-5-15-25-46)38-29-34-45(35-30-38)50(42-20-10-3-11-21-42)43-22-12-4-13-23-43/h1-35,47H,36H2/b31-26+. The number of para-hydroxylation sites is 5. The lowest BCUT2D eigenvalue weighted by Gasteiger charge is -2.27. The van der Waals surface area contributed by atoms with Gasteiger partial charge in [-0.25, -0.2) is 0 Å². The fourth-order valence-electron chi connectivity index (χ4n) is 6.69. The average molecular weight is 659 g/mol. The van der Waals surface area contributed by atoms with E-state index in [0.29, 0.717) is 0 Å². The highest BCUT2D eigenvalue weighted by Gasteiger charge is 2.28. The molecule has 1 unspecified atom stereocenters. The fraction of sp³-hybridized carbons (Fsp3) is 0.0426. The van der Waals surface area contributed by atoms with Crippen LogP contribution >= 0.6 is 0 Å². The van der Waals surface area contributed by atoms with Crippen molar-refractivity contribution < 1.29 is 0 Å². The van der Waals surface area contributed by atoms with E-state index in [4.69, 9.17) is 5.10 Å². The van der Waals surface area contributed by atoms with Gasteiger partial charge in [-0.2, -0.15) is 5.10 Å². The lowest BCUT2D eigenvalue weighted by Crippen LogP contribution is -2.18. The topological polar surface area (TPSA) is 22.1 Å². The molecule has 0 fully saturated rings. The molecule has 246 valence electrons. The van der Waals surface area contributed by atoms with Crippen molar-refractivity contribution in [2.45, 2.75) is 12.5 Å². The molecule has 0 aliphatic carbocycles. The zero-order valence-electron chi connectivity index (χ0n) is 28.3. The predicted octanol–water partition coefficient (Wildman–Crippen LogP) is 12.6. The van der Waals surface area contributed by atoms with Crippen LogP contribution in [0.3, 0.4) is 0 Å². The maximum atomic E-state index is 5.15. The quantitative estimate of drug-likeness (QED) is 0.146. The van der Waals surface area contributed by atoms with Crippen LogP contribution in [0.25, 0.3) is 6.08 Å². The van der Waals surface area contributed by atoms with E-state index in [1.54, 1.807) is 0 Å². The summed E-state index contributed by atoms with van der Waals surface area (Å²) in [6.07, 6.45) is 5.14. The van der Waals surface area contributed by atoms with Gasteiger partial charge >= 0.3 is 0 Å². The van der Waals surface area contributed by atoms with Crippen LogP contribution in [0.5, 0.6) is 0 Å².